The minimum atomic E-state index is -4.42. The van der Waals surface area contributed by atoms with Crippen LogP contribution in [0.4, 0.5) is 24.5 Å². The van der Waals surface area contributed by atoms with E-state index >= 15 is 0 Å². The van der Waals surface area contributed by atoms with E-state index in [1.807, 2.05) is 48.5 Å². The lowest BCUT2D eigenvalue weighted by Gasteiger charge is -2.36. The Morgan fingerprint density at radius 2 is 1.55 bits per heavy atom. The summed E-state index contributed by atoms with van der Waals surface area (Å²) in [7, 11) is 0. The maximum absolute atomic E-state index is 13.1. The summed E-state index contributed by atoms with van der Waals surface area (Å²) in [6, 6.07) is 29.2. The van der Waals surface area contributed by atoms with Crippen molar-refractivity contribution in [3.8, 4) is 17.2 Å². The zero-order valence-corrected chi connectivity index (χ0v) is 21.7. The average Bonchev–Trinajstić information content (AvgIpc) is 2.98. The number of benzene rings is 4. The number of hydrogen-bond donors (Lipinski definition) is 1. The fraction of sp³-hybridized carbons (Fsp3) is 0.188. The molecular weight excluding hydrogens is 513 g/mol. The number of rotatable bonds is 6. The van der Waals surface area contributed by atoms with Crippen LogP contribution < -0.4 is 10.2 Å². The highest BCUT2D eigenvalue weighted by Crippen LogP contribution is 2.32. The van der Waals surface area contributed by atoms with Gasteiger partial charge in [0.15, 0.2) is 0 Å². The molecule has 1 amide bonds. The molecule has 40 heavy (non-hydrogen) atoms. The molecule has 0 unspecified atom stereocenters. The molecular formula is C32H27F3N4O. The van der Waals surface area contributed by atoms with Crippen molar-refractivity contribution in [3.63, 3.8) is 0 Å². The number of amides is 1. The van der Waals surface area contributed by atoms with Crippen molar-refractivity contribution in [3.05, 3.63) is 119 Å². The van der Waals surface area contributed by atoms with Crippen LogP contribution in [0.1, 0.15) is 27.0 Å². The molecule has 0 aliphatic carbocycles. The van der Waals surface area contributed by atoms with Crippen LogP contribution in [0.3, 0.4) is 0 Å². The number of nitrogens with zero attached hydrogens (tertiary/aromatic N) is 3. The summed E-state index contributed by atoms with van der Waals surface area (Å²) in [6.07, 6.45) is -4.42. The third-order valence-corrected chi connectivity index (χ3v) is 7.02. The van der Waals surface area contributed by atoms with Crippen molar-refractivity contribution in [1.29, 1.82) is 5.26 Å². The van der Waals surface area contributed by atoms with Gasteiger partial charge >= 0.3 is 6.18 Å². The first-order chi connectivity index (χ1) is 19.3. The van der Waals surface area contributed by atoms with Crippen molar-refractivity contribution in [2.75, 3.05) is 36.4 Å². The molecule has 0 atom stereocenters. The number of piperazine rings is 1. The van der Waals surface area contributed by atoms with Gasteiger partial charge in [0, 0.05) is 49.7 Å². The second kappa shape index (κ2) is 11.6. The lowest BCUT2D eigenvalue weighted by Crippen LogP contribution is -2.45. The summed E-state index contributed by atoms with van der Waals surface area (Å²) in [4.78, 5) is 17.8. The third kappa shape index (κ3) is 6.33. The molecule has 0 spiro atoms. The van der Waals surface area contributed by atoms with Crippen LogP contribution in [0.5, 0.6) is 0 Å². The Morgan fingerprint density at radius 3 is 2.23 bits per heavy atom. The maximum Gasteiger partial charge on any atom is 0.416 e. The first kappa shape index (κ1) is 27.0. The van der Waals surface area contributed by atoms with Crippen molar-refractivity contribution < 1.29 is 18.0 Å². The highest BCUT2D eigenvalue weighted by molar-refractivity contribution is 6.08. The quantitative estimate of drug-likeness (QED) is 0.292. The average molecular weight is 541 g/mol. The van der Waals surface area contributed by atoms with E-state index in [0.717, 1.165) is 56.1 Å². The predicted molar refractivity (Wildman–Crippen MR) is 150 cm³/mol. The molecule has 1 fully saturated rings. The fourth-order valence-corrected chi connectivity index (χ4v) is 4.89. The summed E-state index contributed by atoms with van der Waals surface area (Å²) in [5.74, 6) is -0.336. The second-order valence-electron chi connectivity index (χ2n) is 9.70. The van der Waals surface area contributed by atoms with E-state index in [4.69, 9.17) is 5.26 Å². The number of hydrogen-bond acceptors (Lipinski definition) is 4. The summed E-state index contributed by atoms with van der Waals surface area (Å²) < 4.78 is 38.9. The van der Waals surface area contributed by atoms with Gasteiger partial charge in [-0.3, -0.25) is 9.69 Å². The Labute approximate surface area is 231 Å². The molecule has 0 aromatic heterocycles. The molecule has 1 aliphatic heterocycles. The number of nitriles is 1. The van der Waals surface area contributed by atoms with Gasteiger partial charge in [0.2, 0.25) is 0 Å². The summed E-state index contributed by atoms with van der Waals surface area (Å²) >= 11 is 0. The minimum absolute atomic E-state index is 0.336. The molecule has 0 bridgehead atoms. The predicted octanol–water partition coefficient (Wildman–Crippen LogP) is 6.82. The summed E-state index contributed by atoms with van der Waals surface area (Å²) in [6.45, 7) is 4.34. The van der Waals surface area contributed by atoms with Crippen LogP contribution >= 0.6 is 0 Å². The molecule has 8 heteroatoms. The third-order valence-electron chi connectivity index (χ3n) is 7.02. The van der Waals surface area contributed by atoms with Gasteiger partial charge in [-0.05, 0) is 71.3 Å². The summed E-state index contributed by atoms with van der Waals surface area (Å²) in [5.41, 5.74) is 4.24. The van der Waals surface area contributed by atoms with Crippen molar-refractivity contribution in [2.24, 2.45) is 0 Å². The molecule has 1 aliphatic rings. The van der Waals surface area contributed by atoms with Crippen LogP contribution in [-0.4, -0.2) is 37.0 Å². The maximum atomic E-state index is 13.1. The fourth-order valence-electron chi connectivity index (χ4n) is 4.89. The van der Waals surface area contributed by atoms with Gasteiger partial charge < -0.3 is 10.2 Å². The molecule has 1 saturated heterocycles. The zero-order chi connectivity index (χ0) is 28.1. The molecule has 5 nitrogen and oxygen atoms in total. The number of anilines is 2. The minimum Gasteiger partial charge on any atom is -0.369 e. The SMILES string of the molecule is N#Cc1cccc(CN2CCN(c3ccc(NC(=O)c4ccccc4-c4ccc(C(F)(F)F)cc4)cc3)CC2)c1. The Hall–Kier alpha value is -4.61. The number of halogens is 3. The van der Waals surface area contributed by atoms with E-state index in [-0.39, 0.29) is 5.91 Å². The van der Waals surface area contributed by atoms with Crippen LogP contribution in [0, 0.1) is 11.3 Å². The Kier molecular flexibility index (Phi) is 7.85. The lowest BCUT2D eigenvalue weighted by molar-refractivity contribution is -0.137. The topological polar surface area (TPSA) is 59.4 Å². The monoisotopic (exact) mass is 540 g/mol. The van der Waals surface area contributed by atoms with E-state index in [9.17, 15) is 18.0 Å². The Balaban J connectivity index is 1.20. The zero-order valence-electron chi connectivity index (χ0n) is 21.7. The van der Waals surface area contributed by atoms with Gasteiger partial charge in [-0.1, -0.05) is 42.5 Å². The highest BCUT2D eigenvalue weighted by Gasteiger charge is 2.30. The van der Waals surface area contributed by atoms with Crippen LogP contribution in [0.2, 0.25) is 0 Å². The van der Waals surface area contributed by atoms with Crippen molar-refractivity contribution in [1.82, 2.24) is 4.90 Å². The number of alkyl halides is 3. The molecule has 202 valence electrons. The van der Waals surface area contributed by atoms with Gasteiger partial charge in [-0.2, -0.15) is 18.4 Å². The van der Waals surface area contributed by atoms with Gasteiger partial charge in [0.05, 0.1) is 17.2 Å². The lowest BCUT2D eigenvalue weighted by atomic mass is 9.98. The van der Waals surface area contributed by atoms with Crippen LogP contribution in [-0.2, 0) is 12.7 Å². The first-order valence-electron chi connectivity index (χ1n) is 12.9. The molecule has 5 rings (SSSR count). The molecule has 1 N–H and O–H groups in total. The van der Waals surface area contributed by atoms with Gasteiger partial charge in [0.1, 0.15) is 0 Å². The van der Waals surface area contributed by atoms with Gasteiger partial charge in [-0.25, -0.2) is 0 Å². The number of carbonyl (C=O) groups excluding carboxylic acids is 1. The molecule has 0 saturated carbocycles. The van der Waals surface area contributed by atoms with Crippen molar-refractivity contribution in [2.45, 2.75) is 12.7 Å². The molecule has 4 aromatic rings. The van der Waals surface area contributed by atoms with E-state index in [1.165, 1.54) is 12.1 Å². The second-order valence-corrected chi connectivity index (χ2v) is 9.70. The first-order valence-corrected chi connectivity index (χ1v) is 12.9. The normalized spacial score (nSPS) is 14.0. The Bertz CT molecular complexity index is 1520. The van der Waals surface area contributed by atoms with E-state index in [2.05, 4.69) is 21.2 Å². The smallest absolute Gasteiger partial charge is 0.369 e. The number of nitrogens with one attached hydrogen (secondary N) is 1. The Morgan fingerprint density at radius 1 is 0.850 bits per heavy atom. The molecule has 4 aromatic carbocycles. The van der Waals surface area contributed by atoms with Crippen LogP contribution in [0.15, 0.2) is 97.1 Å². The highest BCUT2D eigenvalue weighted by atomic mass is 19.4. The van der Waals surface area contributed by atoms with Crippen molar-refractivity contribution >= 4 is 17.3 Å². The van der Waals surface area contributed by atoms with E-state index < -0.39 is 11.7 Å². The van der Waals surface area contributed by atoms with Crippen LogP contribution in [0.25, 0.3) is 11.1 Å². The largest absolute Gasteiger partial charge is 0.416 e. The van der Waals surface area contributed by atoms with Gasteiger partial charge in [0.25, 0.3) is 5.91 Å². The number of carbonyl (C=O) groups is 1. The van der Waals surface area contributed by atoms with E-state index in [1.54, 1.807) is 24.3 Å². The van der Waals surface area contributed by atoms with Gasteiger partial charge in [-0.15, -0.1) is 0 Å². The molecule has 0 radical (unpaired) electrons. The summed E-state index contributed by atoms with van der Waals surface area (Å²) in [5, 5.41) is 12.0. The van der Waals surface area contributed by atoms with E-state index in [0.29, 0.717) is 27.9 Å². The standard InChI is InChI=1S/C32H27F3N4O/c33-32(34,35)26-10-8-25(9-11-26)29-6-1-2-7-30(29)31(40)37-27-12-14-28(15-13-27)39-18-16-38(17-19-39)22-24-5-3-4-23(20-24)21-36/h1-15,20H,16-19,22H2,(H,37,40). The molecule has 1 heterocycles.